The van der Waals surface area contributed by atoms with E-state index in [1.807, 2.05) is 0 Å². The molecule has 1 saturated heterocycles. The van der Waals surface area contributed by atoms with Gasteiger partial charge in [0.05, 0.1) is 5.39 Å². The number of piperazine rings is 1. The molecule has 1 unspecified atom stereocenters. The predicted octanol–water partition coefficient (Wildman–Crippen LogP) is 2.75. The van der Waals surface area contributed by atoms with Crippen molar-refractivity contribution in [2.75, 3.05) is 31.1 Å². The molecule has 0 N–H and O–H groups in total. The molecule has 1 aliphatic heterocycles. The van der Waals surface area contributed by atoms with Crippen LogP contribution in [0.25, 0.3) is 10.2 Å². The van der Waals surface area contributed by atoms with E-state index in [0.717, 1.165) is 62.0 Å². The normalized spacial score (nSPS) is 21.6. The van der Waals surface area contributed by atoms with Gasteiger partial charge in [-0.1, -0.05) is 6.92 Å². The summed E-state index contributed by atoms with van der Waals surface area (Å²) < 4.78 is 0. The summed E-state index contributed by atoms with van der Waals surface area (Å²) in [4.78, 5) is 26.5. The summed E-state index contributed by atoms with van der Waals surface area (Å²) in [6, 6.07) is 0. The molecule has 2 aromatic heterocycles. The smallest absolute Gasteiger partial charge is 0.225 e. The average molecular weight is 351 g/mol. The molecule has 0 radical (unpaired) electrons. The van der Waals surface area contributed by atoms with E-state index in [1.165, 1.54) is 22.2 Å². The van der Waals surface area contributed by atoms with E-state index >= 15 is 0 Å². The number of hydrogen-bond donors (Lipinski definition) is 0. The van der Waals surface area contributed by atoms with Crippen LogP contribution in [0.15, 0.2) is 0 Å². The first kappa shape index (κ1) is 15.1. The SMILES string of the molecule is CC1CCc2c(sc3nc(Cl)nc(N4CCN(C=O)CC4)c23)C1. The number of aromatic nitrogens is 2. The molecule has 7 heteroatoms. The summed E-state index contributed by atoms with van der Waals surface area (Å²) >= 11 is 7.95. The molecule has 2 aromatic rings. The molecule has 1 amide bonds. The maximum absolute atomic E-state index is 10.9. The van der Waals surface area contributed by atoms with E-state index in [0.29, 0.717) is 5.28 Å². The van der Waals surface area contributed by atoms with Crippen LogP contribution in [0, 0.1) is 5.92 Å². The Morgan fingerprint density at radius 2 is 2.04 bits per heavy atom. The van der Waals surface area contributed by atoms with Crippen LogP contribution in [0.1, 0.15) is 23.8 Å². The van der Waals surface area contributed by atoms with Gasteiger partial charge in [0.25, 0.3) is 0 Å². The molecule has 2 aliphatic rings. The van der Waals surface area contributed by atoms with E-state index in [4.69, 9.17) is 11.6 Å². The first-order chi connectivity index (χ1) is 11.2. The van der Waals surface area contributed by atoms with Crippen LogP contribution < -0.4 is 4.90 Å². The summed E-state index contributed by atoms with van der Waals surface area (Å²) in [5.41, 5.74) is 1.42. The van der Waals surface area contributed by atoms with Crippen molar-refractivity contribution in [3.8, 4) is 0 Å². The number of hydrogen-bond acceptors (Lipinski definition) is 5. The standard InChI is InChI=1S/C16H19ClN4OS/c1-10-2-3-11-12(8-10)23-15-13(11)14(18-16(17)19-15)21-6-4-20(9-22)5-7-21/h9-10H,2-8H2,1H3. The minimum atomic E-state index is 0.317. The molecule has 5 nitrogen and oxygen atoms in total. The molecule has 0 saturated carbocycles. The summed E-state index contributed by atoms with van der Waals surface area (Å²) in [5.74, 6) is 1.69. The van der Waals surface area contributed by atoms with E-state index < -0.39 is 0 Å². The number of rotatable bonds is 2. The zero-order valence-electron chi connectivity index (χ0n) is 13.1. The van der Waals surface area contributed by atoms with Crippen molar-refractivity contribution in [1.82, 2.24) is 14.9 Å². The largest absolute Gasteiger partial charge is 0.352 e. The Hall–Kier alpha value is -1.40. The number of fused-ring (bicyclic) bond motifs is 3. The number of carbonyl (C=O) groups is 1. The van der Waals surface area contributed by atoms with Gasteiger partial charge in [0, 0.05) is 31.1 Å². The van der Waals surface area contributed by atoms with Gasteiger partial charge in [0.2, 0.25) is 11.7 Å². The molecular weight excluding hydrogens is 332 g/mol. The van der Waals surface area contributed by atoms with Crippen molar-refractivity contribution in [2.24, 2.45) is 5.92 Å². The molecule has 0 spiro atoms. The number of anilines is 1. The molecule has 1 aliphatic carbocycles. The Bertz CT molecular complexity index is 754. The Morgan fingerprint density at radius 3 is 2.78 bits per heavy atom. The Labute approximate surface area is 144 Å². The van der Waals surface area contributed by atoms with E-state index in [-0.39, 0.29) is 0 Å². The van der Waals surface area contributed by atoms with Crippen molar-refractivity contribution in [2.45, 2.75) is 26.2 Å². The number of aryl methyl sites for hydroxylation is 1. The molecule has 1 fully saturated rings. The fourth-order valence-electron chi connectivity index (χ4n) is 3.57. The molecule has 122 valence electrons. The van der Waals surface area contributed by atoms with Crippen molar-refractivity contribution in [1.29, 1.82) is 0 Å². The molecule has 0 bridgehead atoms. The minimum Gasteiger partial charge on any atom is -0.352 e. The van der Waals surface area contributed by atoms with E-state index in [1.54, 1.807) is 16.2 Å². The zero-order valence-corrected chi connectivity index (χ0v) is 14.7. The number of carbonyl (C=O) groups excluding carboxylic acids is 1. The molecule has 1 atom stereocenters. The lowest BCUT2D eigenvalue weighted by atomic mass is 9.89. The van der Waals surface area contributed by atoms with Gasteiger partial charge in [-0.25, -0.2) is 4.98 Å². The van der Waals surface area contributed by atoms with Crippen molar-refractivity contribution in [3.05, 3.63) is 15.7 Å². The van der Waals surface area contributed by atoms with Gasteiger partial charge in [-0.3, -0.25) is 4.79 Å². The third-order valence-corrected chi connectivity index (χ3v) is 6.19. The molecule has 23 heavy (non-hydrogen) atoms. The van der Waals surface area contributed by atoms with Crippen LogP contribution in [0.5, 0.6) is 0 Å². The molecule has 0 aromatic carbocycles. The van der Waals surface area contributed by atoms with Crippen LogP contribution in [-0.2, 0) is 17.6 Å². The van der Waals surface area contributed by atoms with Gasteiger partial charge in [0.1, 0.15) is 10.6 Å². The lowest BCUT2D eigenvalue weighted by Crippen LogP contribution is -2.46. The third kappa shape index (κ3) is 2.68. The monoisotopic (exact) mass is 350 g/mol. The highest BCUT2D eigenvalue weighted by Crippen LogP contribution is 2.41. The van der Waals surface area contributed by atoms with E-state index in [9.17, 15) is 4.79 Å². The van der Waals surface area contributed by atoms with Crippen LogP contribution in [0.3, 0.4) is 0 Å². The van der Waals surface area contributed by atoms with Gasteiger partial charge in [-0.2, -0.15) is 4.98 Å². The average Bonchev–Trinajstić information content (AvgIpc) is 2.91. The number of thiophene rings is 1. The molecule has 3 heterocycles. The van der Waals surface area contributed by atoms with E-state index in [2.05, 4.69) is 21.8 Å². The van der Waals surface area contributed by atoms with Gasteiger partial charge >= 0.3 is 0 Å². The zero-order chi connectivity index (χ0) is 16.0. The fraction of sp³-hybridized carbons (Fsp3) is 0.562. The third-order valence-electron chi connectivity index (χ3n) is 4.87. The second-order valence-electron chi connectivity index (χ2n) is 6.48. The van der Waals surface area contributed by atoms with Gasteiger partial charge in [-0.15, -0.1) is 11.3 Å². The summed E-state index contributed by atoms with van der Waals surface area (Å²) in [5, 5.41) is 1.51. The maximum atomic E-state index is 10.9. The Balaban J connectivity index is 1.78. The fourth-order valence-corrected chi connectivity index (χ4v) is 5.16. The lowest BCUT2D eigenvalue weighted by molar-refractivity contribution is -0.118. The van der Waals surface area contributed by atoms with Crippen LogP contribution in [0.4, 0.5) is 5.82 Å². The highest BCUT2D eigenvalue weighted by molar-refractivity contribution is 7.19. The van der Waals surface area contributed by atoms with Gasteiger partial charge in [0.15, 0.2) is 0 Å². The number of halogens is 1. The van der Waals surface area contributed by atoms with Gasteiger partial charge in [-0.05, 0) is 42.3 Å². The second kappa shape index (κ2) is 5.91. The lowest BCUT2D eigenvalue weighted by Gasteiger charge is -2.33. The Morgan fingerprint density at radius 1 is 1.26 bits per heavy atom. The van der Waals surface area contributed by atoms with Crippen molar-refractivity contribution < 1.29 is 4.79 Å². The summed E-state index contributed by atoms with van der Waals surface area (Å²) in [6.45, 7) is 5.36. The molecule has 4 rings (SSSR count). The predicted molar refractivity (Wildman–Crippen MR) is 93.5 cm³/mol. The highest BCUT2D eigenvalue weighted by Gasteiger charge is 2.27. The summed E-state index contributed by atoms with van der Waals surface area (Å²) in [6.07, 6.45) is 4.38. The minimum absolute atomic E-state index is 0.317. The topological polar surface area (TPSA) is 49.3 Å². The first-order valence-corrected chi connectivity index (χ1v) is 9.27. The van der Waals surface area contributed by atoms with Gasteiger partial charge < -0.3 is 9.80 Å². The van der Waals surface area contributed by atoms with Crippen LogP contribution in [0.2, 0.25) is 5.28 Å². The summed E-state index contributed by atoms with van der Waals surface area (Å²) in [7, 11) is 0. The maximum Gasteiger partial charge on any atom is 0.225 e. The van der Waals surface area contributed by atoms with Crippen molar-refractivity contribution in [3.63, 3.8) is 0 Å². The van der Waals surface area contributed by atoms with Crippen molar-refractivity contribution >= 4 is 45.4 Å². The first-order valence-electron chi connectivity index (χ1n) is 8.08. The van der Waals surface area contributed by atoms with Crippen LogP contribution in [-0.4, -0.2) is 47.5 Å². The quantitative estimate of drug-likeness (QED) is 0.617. The molecular formula is C16H19ClN4OS. The number of amides is 1. The highest BCUT2D eigenvalue weighted by atomic mass is 35.5. The second-order valence-corrected chi connectivity index (χ2v) is 7.90. The Kier molecular flexibility index (Phi) is 3.89. The van der Waals surface area contributed by atoms with Crippen LogP contribution >= 0.6 is 22.9 Å². The number of nitrogens with zero attached hydrogens (tertiary/aromatic N) is 4.